The summed E-state index contributed by atoms with van der Waals surface area (Å²) >= 11 is 11.1. The number of carbonyl (C=O) groups is 1. The summed E-state index contributed by atoms with van der Waals surface area (Å²) < 4.78 is 2.10. The summed E-state index contributed by atoms with van der Waals surface area (Å²) in [5.74, 6) is 1.11. The Morgan fingerprint density at radius 1 is 1.41 bits per heavy atom. The van der Waals surface area contributed by atoms with Gasteiger partial charge >= 0.3 is 0 Å². The molecule has 0 bridgehead atoms. The van der Waals surface area contributed by atoms with E-state index < -0.39 is 0 Å². The van der Waals surface area contributed by atoms with Crippen molar-refractivity contribution in [2.24, 2.45) is 5.92 Å². The largest absolute Gasteiger partial charge is 0.355 e. The van der Waals surface area contributed by atoms with Gasteiger partial charge in [-0.3, -0.25) is 14.5 Å². The number of hydrogen-bond donors (Lipinski definition) is 2. The average Bonchev–Trinajstić information content (AvgIpc) is 2.81. The van der Waals surface area contributed by atoms with Gasteiger partial charge in [0.1, 0.15) is 6.54 Å². The Hall–Kier alpha value is -1.66. The molecule has 0 spiro atoms. The van der Waals surface area contributed by atoms with E-state index in [0.29, 0.717) is 28.1 Å². The Morgan fingerprint density at radius 2 is 2.09 bits per heavy atom. The van der Waals surface area contributed by atoms with E-state index in [1.54, 1.807) is 16.7 Å². The highest BCUT2D eigenvalue weighted by Gasteiger charge is 2.12. The first kappa shape index (κ1) is 16.7. The molecule has 0 aliphatic heterocycles. The third-order valence-corrected chi connectivity index (χ3v) is 3.77. The van der Waals surface area contributed by atoms with E-state index in [-0.39, 0.29) is 12.5 Å². The van der Waals surface area contributed by atoms with Crippen molar-refractivity contribution < 1.29 is 4.79 Å². The summed E-state index contributed by atoms with van der Waals surface area (Å²) in [6.45, 7) is 5.05. The lowest BCUT2D eigenvalue weighted by molar-refractivity contribution is -0.121. The number of benzene rings is 1. The SMILES string of the molecule is CC(C)CCNC(=O)Cn1c(-c2ccc(Cl)cc2)n[nH]c1=S. The van der Waals surface area contributed by atoms with Gasteiger partial charge in [-0.05, 0) is 48.8 Å². The number of carbonyl (C=O) groups excluding carboxylic acids is 1. The Labute approximate surface area is 139 Å². The lowest BCUT2D eigenvalue weighted by Crippen LogP contribution is -2.29. The molecule has 2 aromatic rings. The van der Waals surface area contributed by atoms with Gasteiger partial charge in [0.2, 0.25) is 5.91 Å². The summed E-state index contributed by atoms with van der Waals surface area (Å²) in [6, 6.07) is 7.25. The summed E-state index contributed by atoms with van der Waals surface area (Å²) in [5.41, 5.74) is 0.853. The normalized spacial score (nSPS) is 10.9. The van der Waals surface area contributed by atoms with Crippen LogP contribution in [-0.4, -0.2) is 27.2 Å². The quantitative estimate of drug-likeness (QED) is 0.793. The van der Waals surface area contributed by atoms with Crippen molar-refractivity contribution in [3.8, 4) is 11.4 Å². The number of nitrogens with zero attached hydrogens (tertiary/aromatic N) is 2. The van der Waals surface area contributed by atoms with E-state index in [9.17, 15) is 4.79 Å². The maximum absolute atomic E-state index is 12.0. The molecule has 0 aliphatic carbocycles. The number of hydrogen-bond acceptors (Lipinski definition) is 3. The van der Waals surface area contributed by atoms with Crippen LogP contribution >= 0.6 is 23.8 Å². The van der Waals surface area contributed by atoms with Crippen LogP contribution in [-0.2, 0) is 11.3 Å². The number of nitrogens with one attached hydrogen (secondary N) is 2. The van der Waals surface area contributed by atoms with Gasteiger partial charge in [0.15, 0.2) is 10.6 Å². The zero-order valence-corrected chi connectivity index (χ0v) is 14.2. The van der Waals surface area contributed by atoms with E-state index in [1.807, 2.05) is 12.1 Å². The zero-order valence-electron chi connectivity index (χ0n) is 12.6. The molecule has 1 aromatic heterocycles. The molecule has 0 fully saturated rings. The molecular formula is C15H19ClN4OS. The molecule has 1 heterocycles. The Balaban J connectivity index is 2.11. The molecule has 0 saturated carbocycles. The number of aromatic nitrogens is 3. The molecule has 1 aromatic carbocycles. The first-order chi connectivity index (χ1) is 10.5. The van der Waals surface area contributed by atoms with Gasteiger partial charge in [-0.2, -0.15) is 5.10 Å². The van der Waals surface area contributed by atoms with Crippen LogP contribution in [0.2, 0.25) is 5.02 Å². The first-order valence-corrected chi connectivity index (χ1v) is 7.94. The van der Waals surface area contributed by atoms with E-state index in [2.05, 4.69) is 29.4 Å². The Morgan fingerprint density at radius 3 is 2.73 bits per heavy atom. The minimum Gasteiger partial charge on any atom is -0.355 e. The van der Waals surface area contributed by atoms with Crippen LogP contribution in [0, 0.1) is 10.7 Å². The molecule has 2 N–H and O–H groups in total. The molecule has 22 heavy (non-hydrogen) atoms. The van der Waals surface area contributed by atoms with Crippen LogP contribution < -0.4 is 5.32 Å². The number of rotatable bonds is 6. The number of halogens is 1. The van der Waals surface area contributed by atoms with Crippen LogP contribution in [0.25, 0.3) is 11.4 Å². The standard InChI is InChI=1S/C15H19ClN4OS/c1-10(2)7-8-17-13(21)9-20-14(18-19-15(20)22)11-3-5-12(16)6-4-11/h3-6,10H,7-9H2,1-2H3,(H,17,21)(H,19,22). The van der Waals surface area contributed by atoms with Crippen LogP contribution in [0.5, 0.6) is 0 Å². The maximum Gasteiger partial charge on any atom is 0.240 e. The van der Waals surface area contributed by atoms with Gasteiger partial charge in [-0.1, -0.05) is 25.4 Å². The molecule has 2 rings (SSSR count). The van der Waals surface area contributed by atoms with Crippen molar-refractivity contribution in [1.82, 2.24) is 20.1 Å². The fourth-order valence-corrected chi connectivity index (χ4v) is 2.31. The van der Waals surface area contributed by atoms with E-state index in [1.165, 1.54) is 0 Å². The molecule has 0 saturated heterocycles. The molecular weight excluding hydrogens is 320 g/mol. The second-order valence-corrected chi connectivity index (χ2v) is 6.30. The second kappa shape index (κ2) is 7.56. The molecule has 5 nitrogen and oxygen atoms in total. The molecule has 0 atom stereocenters. The fourth-order valence-electron chi connectivity index (χ4n) is 1.98. The summed E-state index contributed by atoms with van der Waals surface area (Å²) in [4.78, 5) is 12.0. The predicted molar refractivity (Wildman–Crippen MR) is 90.3 cm³/mol. The molecule has 118 valence electrons. The number of aromatic amines is 1. The smallest absolute Gasteiger partial charge is 0.240 e. The second-order valence-electron chi connectivity index (χ2n) is 5.48. The molecule has 1 amide bonds. The third-order valence-electron chi connectivity index (χ3n) is 3.21. The number of amides is 1. The van der Waals surface area contributed by atoms with Crippen molar-refractivity contribution >= 4 is 29.7 Å². The van der Waals surface area contributed by atoms with Gasteiger partial charge in [0.05, 0.1) is 0 Å². The Bertz CT molecular complexity index is 690. The van der Waals surface area contributed by atoms with Crippen molar-refractivity contribution in [3.05, 3.63) is 34.1 Å². The lowest BCUT2D eigenvalue weighted by Gasteiger charge is -2.09. The topological polar surface area (TPSA) is 62.7 Å². The van der Waals surface area contributed by atoms with Crippen molar-refractivity contribution in [2.45, 2.75) is 26.8 Å². The lowest BCUT2D eigenvalue weighted by atomic mass is 10.1. The molecule has 0 unspecified atom stereocenters. The molecule has 0 aliphatic rings. The highest BCUT2D eigenvalue weighted by atomic mass is 35.5. The third kappa shape index (κ3) is 4.42. The van der Waals surface area contributed by atoms with Crippen molar-refractivity contribution in [2.75, 3.05) is 6.54 Å². The van der Waals surface area contributed by atoms with Gasteiger partial charge in [0.25, 0.3) is 0 Å². The van der Waals surface area contributed by atoms with Crippen molar-refractivity contribution in [3.63, 3.8) is 0 Å². The van der Waals surface area contributed by atoms with Crippen LogP contribution in [0.4, 0.5) is 0 Å². The highest BCUT2D eigenvalue weighted by Crippen LogP contribution is 2.19. The number of H-pyrrole nitrogens is 1. The molecule has 7 heteroatoms. The average molecular weight is 339 g/mol. The first-order valence-electron chi connectivity index (χ1n) is 7.15. The van der Waals surface area contributed by atoms with E-state index in [0.717, 1.165) is 12.0 Å². The summed E-state index contributed by atoms with van der Waals surface area (Å²) in [7, 11) is 0. The summed E-state index contributed by atoms with van der Waals surface area (Å²) in [5, 5.41) is 10.5. The van der Waals surface area contributed by atoms with Gasteiger partial charge < -0.3 is 5.32 Å². The van der Waals surface area contributed by atoms with Crippen molar-refractivity contribution in [1.29, 1.82) is 0 Å². The Kier molecular flexibility index (Phi) is 5.74. The highest BCUT2D eigenvalue weighted by molar-refractivity contribution is 7.71. The van der Waals surface area contributed by atoms with E-state index >= 15 is 0 Å². The van der Waals surface area contributed by atoms with Gasteiger partial charge in [0, 0.05) is 17.1 Å². The fraction of sp³-hybridized carbons (Fsp3) is 0.400. The minimum atomic E-state index is -0.0756. The predicted octanol–water partition coefficient (Wildman–Crippen LogP) is 3.42. The minimum absolute atomic E-state index is 0.0756. The summed E-state index contributed by atoms with van der Waals surface area (Å²) in [6.07, 6.45) is 0.951. The zero-order chi connectivity index (χ0) is 16.1. The van der Waals surface area contributed by atoms with Gasteiger partial charge in [-0.15, -0.1) is 0 Å². The van der Waals surface area contributed by atoms with Crippen LogP contribution in [0.3, 0.4) is 0 Å². The van der Waals surface area contributed by atoms with Crippen LogP contribution in [0.1, 0.15) is 20.3 Å². The van der Waals surface area contributed by atoms with Gasteiger partial charge in [-0.25, -0.2) is 0 Å². The molecule has 0 radical (unpaired) electrons. The van der Waals surface area contributed by atoms with Crippen LogP contribution in [0.15, 0.2) is 24.3 Å². The van der Waals surface area contributed by atoms with E-state index in [4.69, 9.17) is 23.8 Å². The maximum atomic E-state index is 12.0. The monoisotopic (exact) mass is 338 g/mol.